The van der Waals surface area contributed by atoms with Crippen LogP contribution in [0.15, 0.2) is 82.6 Å². The van der Waals surface area contributed by atoms with E-state index in [4.69, 9.17) is 21.0 Å². The van der Waals surface area contributed by atoms with Gasteiger partial charge in [0.25, 0.3) is 0 Å². The highest BCUT2D eigenvalue weighted by atomic mass is 35.5. The molecular weight excluding hydrogens is 528 g/mol. The van der Waals surface area contributed by atoms with Crippen LogP contribution in [0.1, 0.15) is 12.8 Å². The maximum absolute atomic E-state index is 13.2. The molecule has 194 valence electrons. The number of anilines is 1. The van der Waals surface area contributed by atoms with Crippen molar-refractivity contribution in [1.29, 1.82) is 0 Å². The van der Waals surface area contributed by atoms with Crippen molar-refractivity contribution in [1.82, 2.24) is 23.7 Å². The molecule has 0 radical (unpaired) electrons. The van der Waals surface area contributed by atoms with Crippen LogP contribution < -0.4 is 5.32 Å². The predicted molar refractivity (Wildman–Crippen MR) is 142 cm³/mol. The Labute approximate surface area is 223 Å². The molecule has 2 N–H and O–H groups in total. The summed E-state index contributed by atoms with van der Waals surface area (Å²) in [6.45, 7) is 0.720. The summed E-state index contributed by atoms with van der Waals surface area (Å²) in [5.41, 5.74) is 2.58. The van der Waals surface area contributed by atoms with Gasteiger partial charge in [0, 0.05) is 42.1 Å². The Balaban J connectivity index is 1.28. The second kappa shape index (κ2) is 9.75. The van der Waals surface area contributed by atoms with Crippen molar-refractivity contribution >= 4 is 33.4 Å². The van der Waals surface area contributed by atoms with Gasteiger partial charge in [0.15, 0.2) is 0 Å². The van der Waals surface area contributed by atoms with E-state index >= 15 is 0 Å². The van der Waals surface area contributed by atoms with Crippen LogP contribution in [0.3, 0.4) is 0 Å². The number of piperidine rings is 1. The topological polar surface area (TPSA) is 126 Å². The van der Waals surface area contributed by atoms with Gasteiger partial charge in [-0.15, -0.1) is 0 Å². The number of aromatic nitrogens is 4. The first-order valence-electron chi connectivity index (χ1n) is 12.0. The van der Waals surface area contributed by atoms with Gasteiger partial charge in [-0.1, -0.05) is 23.7 Å². The fourth-order valence-electron chi connectivity index (χ4n) is 4.66. The number of rotatable bonds is 6. The maximum Gasteiger partial charge on any atom is 0.306 e. The third-order valence-electron chi connectivity index (χ3n) is 6.45. The fraction of sp³-hybridized carbons (Fsp3) is 0.192. The molecular formula is C26H23ClN6O4S. The fourth-order valence-corrected chi connectivity index (χ4v) is 6.31. The number of halogens is 1. The monoisotopic (exact) mass is 550 g/mol. The Morgan fingerprint density at radius 2 is 1.95 bits per heavy atom. The lowest BCUT2D eigenvalue weighted by Gasteiger charge is -2.32. The summed E-state index contributed by atoms with van der Waals surface area (Å²) in [5, 5.41) is 13.8. The molecule has 1 aliphatic rings. The Morgan fingerprint density at radius 1 is 1.11 bits per heavy atom. The summed E-state index contributed by atoms with van der Waals surface area (Å²) in [6, 6.07) is 14.6. The van der Waals surface area contributed by atoms with Gasteiger partial charge in [-0.2, -0.15) is 9.29 Å². The second-order valence-corrected chi connectivity index (χ2v) is 11.4. The third kappa shape index (κ3) is 4.60. The first-order chi connectivity index (χ1) is 18.4. The molecule has 0 amide bonds. The number of hydrogen-bond donors (Lipinski definition) is 2. The molecule has 1 aliphatic heterocycles. The summed E-state index contributed by atoms with van der Waals surface area (Å²) < 4.78 is 35.2. The summed E-state index contributed by atoms with van der Waals surface area (Å²) in [4.78, 5) is 13.9. The Kier molecular flexibility index (Phi) is 6.26. The van der Waals surface area contributed by atoms with Crippen molar-refractivity contribution in [2.24, 2.45) is 0 Å². The lowest BCUT2D eigenvalue weighted by molar-refractivity contribution is 0.326. The van der Waals surface area contributed by atoms with E-state index in [1.807, 2.05) is 6.07 Å². The zero-order valence-corrected chi connectivity index (χ0v) is 21.6. The van der Waals surface area contributed by atoms with Crippen LogP contribution >= 0.6 is 11.6 Å². The summed E-state index contributed by atoms with van der Waals surface area (Å²) in [7, 11) is -3.65. The van der Waals surface area contributed by atoms with Gasteiger partial charge < -0.3 is 14.8 Å². The Morgan fingerprint density at radius 3 is 2.76 bits per heavy atom. The van der Waals surface area contributed by atoms with E-state index in [0.717, 1.165) is 6.42 Å². The van der Waals surface area contributed by atoms with Crippen molar-refractivity contribution in [3.63, 3.8) is 0 Å². The maximum atomic E-state index is 13.2. The molecule has 2 aromatic carbocycles. The average molecular weight is 551 g/mol. The molecule has 0 bridgehead atoms. The molecule has 1 saturated heterocycles. The van der Waals surface area contributed by atoms with E-state index < -0.39 is 10.0 Å². The van der Waals surface area contributed by atoms with Gasteiger partial charge in [0.2, 0.25) is 16.0 Å². The SMILES string of the molecule is O=S(=O)(c1ccc(Cl)cc1)N1CCCC(Nc2nccc(-c3c(-c4cccc(O)c4)nc4occn34)n2)C1. The second-order valence-electron chi connectivity index (χ2n) is 8.98. The number of imidazole rings is 1. The van der Waals surface area contributed by atoms with Gasteiger partial charge >= 0.3 is 5.84 Å². The van der Waals surface area contributed by atoms with Crippen LogP contribution in [-0.4, -0.2) is 56.3 Å². The Hall–Kier alpha value is -3.93. The van der Waals surface area contributed by atoms with Crippen LogP contribution in [-0.2, 0) is 10.0 Å². The van der Waals surface area contributed by atoms with Gasteiger partial charge in [-0.3, -0.25) is 4.40 Å². The first-order valence-corrected chi connectivity index (χ1v) is 13.8. The van der Waals surface area contributed by atoms with E-state index in [1.54, 1.807) is 53.2 Å². The highest BCUT2D eigenvalue weighted by Crippen LogP contribution is 2.34. The lowest BCUT2D eigenvalue weighted by Crippen LogP contribution is -2.45. The molecule has 1 atom stereocenters. The lowest BCUT2D eigenvalue weighted by atomic mass is 10.1. The van der Waals surface area contributed by atoms with E-state index in [2.05, 4.69) is 15.3 Å². The minimum atomic E-state index is -3.65. The number of nitrogens with one attached hydrogen (secondary N) is 1. The average Bonchev–Trinajstić information content (AvgIpc) is 3.51. The van der Waals surface area contributed by atoms with E-state index in [0.29, 0.717) is 52.4 Å². The molecule has 10 nitrogen and oxygen atoms in total. The summed E-state index contributed by atoms with van der Waals surface area (Å²) in [5.74, 6) is 0.888. The van der Waals surface area contributed by atoms with Crippen LogP contribution in [0.4, 0.5) is 5.95 Å². The largest absolute Gasteiger partial charge is 0.508 e. The number of phenols is 1. The number of phenolic OH excluding ortho intramolecular Hbond substituents is 1. The van der Waals surface area contributed by atoms with Crippen molar-refractivity contribution in [2.75, 3.05) is 18.4 Å². The highest BCUT2D eigenvalue weighted by Gasteiger charge is 2.30. The Bertz CT molecular complexity index is 1720. The molecule has 0 spiro atoms. The van der Waals surface area contributed by atoms with Crippen LogP contribution in [0.25, 0.3) is 28.5 Å². The summed E-state index contributed by atoms with van der Waals surface area (Å²) in [6.07, 6.45) is 6.40. The van der Waals surface area contributed by atoms with Crippen molar-refractivity contribution < 1.29 is 17.9 Å². The molecule has 0 aliphatic carbocycles. The number of oxazole rings is 1. The number of sulfonamides is 1. The summed E-state index contributed by atoms with van der Waals surface area (Å²) >= 11 is 5.93. The number of nitrogens with zero attached hydrogens (tertiary/aromatic N) is 5. The number of fused-ring (bicyclic) bond motifs is 1. The standard InChI is InChI=1S/C26H23ClN6O4S/c27-18-6-8-21(9-7-18)38(35,36)32-12-2-4-19(16-32)29-25-28-11-10-22(30-25)24-23(17-3-1-5-20(34)15-17)31-26-33(24)13-14-37-26/h1,3,5-11,13-15,19,34H,2,4,12,16H2,(H,28,29,30). The highest BCUT2D eigenvalue weighted by molar-refractivity contribution is 7.89. The molecule has 12 heteroatoms. The van der Waals surface area contributed by atoms with Crippen LogP contribution in [0.2, 0.25) is 5.02 Å². The molecule has 0 saturated carbocycles. The van der Waals surface area contributed by atoms with Crippen molar-refractivity contribution in [3.05, 3.63) is 78.3 Å². The van der Waals surface area contributed by atoms with Crippen molar-refractivity contribution in [2.45, 2.75) is 23.8 Å². The molecule has 5 aromatic rings. The molecule has 6 rings (SSSR count). The quantitative estimate of drug-likeness (QED) is 0.312. The minimum Gasteiger partial charge on any atom is -0.508 e. The zero-order chi connectivity index (χ0) is 26.3. The molecule has 1 fully saturated rings. The number of benzene rings is 2. The normalized spacial score (nSPS) is 16.6. The van der Waals surface area contributed by atoms with Crippen LogP contribution in [0, 0.1) is 0 Å². The van der Waals surface area contributed by atoms with Gasteiger partial charge in [-0.05, 0) is 55.3 Å². The third-order valence-corrected chi connectivity index (χ3v) is 8.58. The van der Waals surface area contributed by atoms with E-state index in [-0.39, 0.29) is 23.2 Å². The smallest absolute Gasteiger partial charge is 0.306 e. The minimum absolute atomic E-state index is 0.124. The van der Waals surface area contributed by atoms with E-state index in [1.165, 1.54) is 22.7 Å². The van der Waals surface area contributed by atoms with Gasteiger partial charge in [0.05, 0.1) is 10.6 Å². The molecule has 38 heavy (non-hydrogen) atoms. The van der Waals surface area contributed by atoms with Gasteiger partial charge in [-0.25, -0.2) is 18.4 Å². The predicted octanol–water partition coefficient (Wildman–Crippen LogP) is 4.68. The van der Waals surface area contributed by atoms with Crippen LogP contribution in [0.5, 0.6) is 5.75 Å². The van der Waals surface area contributed by atoms with Gasteiger partial charge in [0.1, 0.15) is 23.4 Å². The molecule has 1 unspecified atom stereocenters. The van der Waals surface area contributed by atoms with Crippen molar-refractivity contribution in [3.8, 4) is 28.4 Å². The van der Waals surface area contributed by atoms with E-state index in [9.17, 15) is 13.5 Å². The molecule has 3 aromatic heterocycles. The first kappa shape index (κ1) is 24.4. The molecule has 4 heterocycles. The zero-order valence-electron chi connectivity index (χ0n) is 20.0. The number of hydrogen-bond acceptors (Lipinski definition) is 8. The number of aromatic hydroxyl groups is 1.